The molecule has 0 amide bonds. The quantitative estimate of drug-likeness (QED) is 0.361. The minimum absolute atomic E-state index is 0.0171. The molecular formula is C26H30F4N4O3. The standard InChI is InChI=1S/C26H30F4N4O3/c1-26(2,16-35)19-4-3-11-33(14-19)13-18-6-5-17(12-23(18)37-25(29)30)22-15-34(32-31-22)20-7-9-21(10-8-20)36-24(27)28/h5-10,12,15,19,24-25,35H,3-4,11,13-14,16H2,1-2H3/t19-/m0/s1. The van der Waals surface area contributed by atoms with Crippen LogP contribution in [0.4, 0.5) is 17.6 Å². The van der Waals surface area contributed by atoms with E-state index in [0.717, 1.165) is 25.9 Å². The van der Waals surface area contributed by atoms with Gasteiger partial charge in [-0.3, -0.25) is 4.90 Å². The van der Waals surface area contributed by atoms with E-state index < -0.39 is 13.2 Å². The first-order valence-corrected chi connectivity index (χ1v) is 12.0. The number of benzene rings is 2. The van der Waals surface area contributed by atoms with Gasteiger partial charge in [0.25, 0.3) is 0 Å². The van der Waals surface area contributed by atoms with Gasteiger partial charge in [0, 0.05) is 30.8 Å². The molecule has 1 N–H and O–H groups in total. The van der Waals surface area contributed by atoms with Gasteiger partial charge in [0.2, 0.25) is 0 Å². The zero-order valence-corrected chi connectivity index (χ0v) is 20.7. The number of likely N-dealkylation sites (tertiary alicyclic amines) is 1. The van der Waals surface area contributed by atoms with Gasteiger partial charge in [-0.15, -0.1) is 5.10 Å². The van der Waals surface area contributed by atoms with Crippen LogP contribution in [-0.4, -0.2) is 57.9 Å². The van der Waals surface area contributed by atoms with Crippen molar-refractivity contribution in [1.29, 1.82) is 0 Å². The molecule has 4 rings (SSSR count). The zero-order chi connectivity index (χ0) is 26.6. The predicted molar refractivity (Wildman–Crippen MR) is 129 cm³/mol. The van der Waals surface area contributed by atoms with Gasteiger partial charge in [-0.25, -0.2) is 4.68 Å². The first-order valence-electron chi connectivity index (χ1n) is 12.0. The van der Waals surface area contributed by atoms with Crippen molar-refractivity contribution in [1.82, 2.24) is 19.9 Å². The predicted octanol–water partition coefficient (Wildman–Crippen LogP) is 5.37. The molecule has 0 aliphatic carbocycles. The largest absolute Gasteiger partial charge is 0.435 e. The monoisotopic (exact) mass is 522 g/mol. The van der Waals surface area contributed by atoms with Gasteiger partial charge >= 0.3 is 13.2 Å². The Morgan fingerprint density at radius 2 is 1.78 bits per heavy atom. The molecule has 1 saturated heterocycles. The van der Waals surface area contributed by atoms with Crippen LogP contribution in [0, 0.1) is 11.3 Å². The number of aromatic nitrogens is 3. The Morgan fingerprint density at radius 3 is 2.46 bits per heavy atom. The highest BCUT2D eigenvalue weighted by Crippen LogP contribution is 2.35. The molecule has 1 aromatic heterocycles. The van der Waals surface area contributed by atoms with Crippen molar-refractivity contribution in [2.24, 2.45) is 11.3 Å². The molecule has 11 heteroatoms. The Bertz CT molecular complexity index is 1170. The third kappa shape index (κ3) is 6.78. The van der Waals surface area contributed by atoms with Crippen molar-refractivity contribution in [3.63, 3.8) is 0 Å². The number of aliphatic hydroxyl groups excluding tert-OH is 1. The summed E-state index contributed by atoms with van der Waals surface area (Å²) in [5, 5.41) is 17.9. The molecule has 0 radical (unpaired) electrons. The van der Waals surface area contributed by atoms with E-state index in [9.17, 15) is 22.7 Å². The van der Waals surface area contributed by atoms with Crippen LogP contribution in [0.2, 0.25) is 0 Å². The fraction of sp³-hybridized carbons (Fsp3) is 0.462. The summed E-state index contributed by atoms with van der Waals surface area (Å²) in [7, 11) is 0. The molecule has 2 heterocycles. The van der Waals surface area contributed by atoms with Crippen LogP contribution in [0.1, 0.15) is 32.3 Å². The molecule has 1 fully saturated rings. The topological polar surface area (TPSA) is 72.6 Å². The Balaban J connectivity index is 1.52. The molecule has 200 valence electrons. The van der Waals surface area contributed by atoms with E-state index in [2.05, 4.69) is 19.9 Å². The first kappa shape index (κ1) is 26.9. The average molecular weight is 523 g/mol. The Labute approximate surface area is 212 Å². The molecule has 7 nitrogen and oxygen atoms in total. The SMILES string of the molecule is CC(C)(CO)[C@H]1CCCN(Cc2ccc(-c3cn(-c4ccc(OC(F)F)cc4)nn3)cc2OC(F)F)C1. The summed E-state index contributed by atoms with van der Waals surface area (Å²) in [6.45, 7) is 0.317. The van der Waals surface area contributed by atoms with Gasteiger partial charge in [-0.1, -0.05) is 31.2 Å². The van der Waals surface area contributed by atoms with Gasteiger partial charge in [0.05, 0.1) is 11.9 Å². The lowest BCUT2D eigenvalue weighted by Crippen LogP contribution is -2.42. The van der Waals surface area contributed by atoms with Crippen LogP contribution in [-0.2, 0) is 6.54 Å². The van der Waals surface area contributed by atoms with Crippen molar-refractivity contribution < 1.29 is 32.1 Å². The van der Waals surface area contributed by atoms with Crippen molar-refractivity contribution in [3.8, 4) is 28.4 Å². The van der Waals surface area contributed by atoms with Gasteiger partial charge in [-0.2, -0.15) is 17.6 Å². The highest BCUT2D eigenvalue weighted by molar-refractivity contribution is 5.62. The number of hydrogen-bond acceptors (Lipinski definition) is 6. The summed E-state index contributed by atoms with van der Waals surface area (Å²) in [5.41, 5.74) is 1.95. The van der Waals surface area contributed by atoms with Gasteiger partial charge in [-0.05, 0) is 61.1 Å². The minimum atomic E-state index is -2.99. The minimum Gasteiger partial charge on any atom is -0.435 e. The molecule has 3 aromatic rings. The lowest BCUT2D eigenvalue weighted by atomic mass is 9.75. The third-order valence-electron chi connectivity index (χ3n) is 6.81. The number of halogens is 4. The van der Waals surface area contributed by atoms with E-state index in [1.54, 1.807) is 30.5 Å². The van der Waals surface area contributed by atoms with Crippen molar-refractivity contribution >= 4 is 0 Å². The summed E-state index contributed by atoms with van der Waals surface area (Å²) < 4.78 is 61.9. The van der Waals surface area contributed by atoms with Gasteiger partial charge in [0.15, 0.2) is 0 Å². The van der Waals surface area contributed by atoms with E-state index in [1.807, 2.05) is 13.8 Å². The summed E-state index contributed by atoms with van der Waals surface area (Å²) in [6, 6.07) is 10.9. The molecule has 0 saturated carbocycles. The Hall–Kier alpha value is -3.18. The summed E-state index contributed by atoms with van der Waals surface area (Å²) in [6.07, 6.45) is 3.59. The maximum Gasteiger partial charge on any atom is 0.387 e. The van der Waals surface area contributed by atoms with Crippen LogP contribution in [0.5, 0.6) is 11.5 Å². The van der Waals surface area contributed by atoms with E-state index >= 15 is 0 Å². The molecule has 1 aliphatic rings. The summed E-state index contributed by atoms with van der Waals surface area (Å²) in [5.74, 6) is 0.388. The smallest absolute Gasteiger partial charge is 0.387 e. The molecule has 0 bridgehead atoms. The van der Waals surface area contributed by atoms with Crippen LogP contribution < -0.4 is 9.47 Å². The van der Waals surface area contributed by atoms with Crippen molar-refractivity contribution in [3.05, 3.63) is 54.2 Å². The maximum atomic E-state index is 13.3. The molecule has 0 unspecified atom stereocenters. The van der Waals surface area contributed by atoms with Crippen LogP contribution in [0.3, 0.4) is 0 Å². The molecular weight excluding hydrogens is 492 g/mol. The number of piperidine rings is 1. The Kier molecular flexibility index (Phi) is 8.33. The third-order valence-corrected chi connectivity index (χ3v) is 6.81. The number of aliphatic hydroxyl groups is 1. The number of hydrogen-bond donors (Lipinski definition) is 1. The molecule has 1 atom stereocenters. The summed E-state index contributed by atoms with van der Waals surface area (Å²) >= 11 is 0. The average Bonchev–Trinajstić information content (AvgIpc) is 3.35. The number of nitrogens with zero attached hydrogens (tertiary/aromatic N) is 4. The lowest BCUT2D eigenvalue weighted by molar-refractivity contribution is -0.0512. The van der Waals surface area contributed by atoms with Gasteiger partial charge < -0.3 is 14.6 Å². The maximum absolute atomic E-state index is 13.3. The van der Waals surface area contributed by atoms with E-state index in [4.69, 9.17) is 4.74 Å². The number of ether oxygens (including phenoxy) is 2. The lowest BCUT2D eigenvalue weighted by Gasteiger charge is -2.40. The van der Waals surface area contributed by atoms with Crippen molar-refractivity contribution in [2.75, 3.05) is 19.7 Å². The van der Waals surface area contributed by atoms with Crippen LogP contribution in [0.25, 0.3) is 16.9 Å². The van der Waals surface area contributed by atoms with Crippen LogP contribution in [0.15, 0.2) is 48.7 Å². The Morgan fingerprint density at radius 1 is 1.05 bits per heavy atom. The zero-order valence-electron chi connectivity index (χ0n) is 20.7. The number of alkyl halides is 4. The second-order valence-corrected chi connectivity index (χ2v) is 9.84. The molecule has 2 aromatic carbocycles. The fourth-order valence-electron chi connectivity index (χ4n) is 4.56. The molecule has 37 heavy (non-hydrogen) atoms. The van der Waals surface area contributed by atoms with E-state index in [0.29, 0.717) is 35.0 Å². The first-order chi connectivity index (χ1) is 17.6. The van der Waals surface area contributed by atoms with Crippen LogP contribution >= 0.6 is 0 Å². The highest BCUT2D eigenvalue weighted by atomic mass is 19.3. The van der Waals surface area contributed by atoms with E-state index in [-0.39, 0.29) is 23.5 Å². The van der Waals surface area contributed by atoms with Crippen molar-refractivity contribution in [2.45, 2.75) is 46.5 Å². The second kappa shape index (κ2) is 11.5. The molecule has 0 spiro atoms. The fourth-order valence-corrected chi connectivity index (χ4v) is 4.56. The highest BCUT2D eigenvalue weighted by Gasteiger charge is 2.33. The van der Waals surface area contributed by atoms with Gasteiger partial charge in [0.1, 0.15) is 17.2 Å². The molecule has 1 aliphatic heterocycles. The summed E-state index contributed by atoms with van der Waals surface area (Å²) in [4.78, 5) is 2.20. The normalized spacial score (nSPS) is 16.9. The number of rotatable bonds is 10. The van der Waals surface area contributed by atoms with E-state index in [1.165, 1.54) is 22.9 Å². The second-order valence-electron chi connectivity index (χ2n) is 9.84.